The Kier molecular flexibility index (Phi) is 4.00. The molecular formula is C18H13N3O5S. The number of para-hydroxylation sites is 2. The molecule has 2 aromatic heterocycles. The molecule has 0 N–H and O–H groups in total. The Morgan fingerprint density at radius 2 is 1.89 bits per heavy atom. The number of rotatable bonds is 4. The van der Waals surface area contributed by atoms with Crippen LogP contribution in [0.1, 0.15) is 5.56 Å². The van der Waals surface area contributed by atoms with Gasteiger partial charge in [-0.25, -0.2) is 9.38 Å². The van der Waals surface area contributed by atoms with Crippen molar-refractivity contribution < 1.29 is 14.4 Å². The molecule has 2 heterocycles. The summed E-state index contributed by atoms with van der Waals surface area (Å²) in [5.41, 5.74) is 1.24. The summed E-state index contributed by atoms with van der Waals surface area (Å²) in [6, 6.07) is 10.1. The number of nitro benzene ring substituents is 1. The first-order valence-corrected chi connectivity index (χ1v) is 8.67. The van der Waals surface area contributed by atoms with Crippen LogP contribution in [0.2, 0.25) is 0 Å². The van der Waals surface area contributed by atoms with Gasteiger partial charge in [-0.05, 0) is 24.3 Å². The second-order valence-corrected chi connectivity index (χ2v) is 6.67. The minimum Gasteiger partial charge on any atom is -0.493 e. The van der Waals surface area contributed by atoms with E-state index in [9.17, 15) is 14.9 Å². The van der Waals surface area contributed by atoms with Gasteiger partial charge >= 0.3 is 0 Å². The van der Waals surface area contributed by atoms with Crippen LogP contribution in [0.3, 0.4) is 0 Å². The smallest absolute Gasteiger partial charge is 0.280 e. The lowest BCUT2D eigenvalue weighted by molar-refractivity contribution is -0.385. The number of hydrogen-bond donors (Lipinski definition) is 0. The van der Waals surface area contributed by atoms with Crippen LogP contribution in [0, 0.1) is 10.1 Å². The van der Waals surface area contributed by atoms with Crippen molar-refractivity contribution in [3.63, 3.8) is 0 Å². The van der Waals surface area contributed by atoms with Gasteiger partial charge < -0.3 is 9.47 Å². The molecule has 0 aliphatic heterocycles. The summed E-state index contributed by atoms with van der Waals surface area (Å²) in [7, 11) is 2.85. The van der Waals surface area contributed by atoms with Gasteiger partial charge in [0.25, 0.3) is 11.2 Å². The van der Waals surface area contributed by atoms with Gasteiger partial charge in [-0.15, -0.1) is 0 Å². The molecule has 0 saturated carbocycles. The number of benzene rings is 2. The minimum atomic E-state index is -0.521. The fourth-order valence-corrected chi connectivity index (χ4v) is 3.89. The first kappa shape index (κ1) is 17.0. The third kappa shape index (κ3) is 2.68. The van der Waals surface area contributed by atoms with Gasteiger partial charge in [-0.1, -0.05) is 23.5 Å². The number of nitro groups is 1. The van der Waals surface area contributed by atoms with Crippen molar-refractivity contribution in [3.8, 4) is 11.5 Å². The van der Waals surface area contributed by atoms with E-state index in [-0.39, 0.29) is 22.6 Å². The number of hydrogen-bond acceptors (Lipinski definition) is 7. The molecular weight excluding hydrogens is 370 g/mol. The molecule has 0 unspecified atom stereocenters. The highest BCUT2D eigenvalue weighted by Gasteiger charge is 2.19. The molecule has 0 atom stereocenters. The number of fused-ring (bicyclic) bond motifs is 3. The number of thiazole rings is 1. The van der Waals surface area contributed by atoms with Crippen molar-refractivity contribution >= 4 is 39.1 Å². The highest BCUT2D eigenvalue weighted by Crippen LogP contribution is 2.34. The normalized spacial score (nSPS) is 12.0. The average Bonchev–Trinajstić information content (AvgIpc) is 3.17. The van der Waals surface area contributed by atoms with Crippen LogP contribution in [0.4, 0.5) is 5.69 Å². The van der Waals surface area contributed by atoms with Crippen LogP contribution in [0.15, 0.2) is 41.2 Å². The Morgan fingerprint density at radius 3 is 2.59 bits per heavy atom. The maximum absolute atomic E-state index is 12.8. The highest BCUT2D eigenvalue weighted by atomic mass is 32.1. The van der Waals surface area contributed by atoms with E-state index in [2.05, 4.69) is 4.98 Å². The lowest BCUT2D eigenvalue weighted by Crippen LogP contribution is -2.22. The Hall–Kier alpha value is -3.46. The van der Waals surface area contributed by atoms with Crippen molar-refractivity contribution in [2.45, 2.75) is 0 Å². The zero-order valence-electron chi connectivity index (χ0n) is 14.3. The molecule has 0 fully saturated rings. The number of ether oxygens (including phenoxy) is 2. The van der Waals surface area contributed by atoms with Gasteiger partial charge in [0, 0.05) is 0 Å². The predicted octanol–water partition coefficient (Wildman–Crippen LogP) is 2.38. The molecule has 27 heavy (non-hydrogen) atoms. The molecule has 0 spiro atoms. The van der Waals surface area contributed by atoms with Crippen molar-refractivity contribution in [2.24, 2.45) is 0 Å². The minimum absolute atomic E-state index is 0.178. The van der Waals surface area contributed by atoms with Crippen molar-refractivity contribution in [1.82, 2.24) is 9.38 Å². The van der Waals surface area contributed by atoms with Crippen LogP contribution in [0.5, 0.6) is 11.5 Å². The lowest BCUT2D eigenvalue weighted by Gasteiger charge is -2.08. The molecule has 0 amide bonds. The van der Waals surface area contributed by atoms with Crippen LogP contribution in [0.25, 0.3) is 22.1 Å². The maximum Gasteiger partial charge on any atom is 0.280 e. The number of methoxy groups -OCH3 is 2. The topological polar surface area (TPSA) is 96.0 Å². The van der Waals surface area contributed by atoms with Crippen molar-refractivity contribution in [1.29, 1.82) is 0 Å². The molecule has 0 bridgehead atoms. The first-order valence-electron chi connectivity index (χ1n) is 7.85. The number of nitrogens with zero attached hydrogens (tertiary/aromatic N) is 3. The van der Waals surface area contributed by atoms with E-state index in [1.807, 2.05) is 24.3 Å². The summed E-state index contributed by atoms with van der Waals surface area (Å²) in [6.07, 6.45) is 1.48. The first-order chi connectivity index (χ1) is 13.0. The Morgan fingerprint density at radius 1 is 1.19 bits per heavy atom. The zero-order chi connectivity index (χ0) is 19.1. The van der Waals surface area contributed by atoms with Crippen molar-refractivity contribution in [2.75, 3.05) is 14.2 Å². The third-order valence-electron chi connectivity index (χ3n) is 4.16. The highest BCUT2D eigenvalue weighted by molar-refractivity contribution is 7.15. The van der Waals surface area contributed by atoms with Gasteiger partial charge in [-0.3, -0.25) is 14.9 Å². The molecule has 2 aromatic carbocycles. The van der Waals surface area contributed by atoms with E-state index in [0.29, 0.717) is 20.8 Å². The van der Waals surface area contributed by atoms with Gasteiger partial charge in [0.05, 0.1) is 46.3 Å². The van der Waals surface area contributed by atoms with E-state index in [0.717, 1.165) is 5.52 Å². The van der Waals surface area contributed by atoms with Crippen LogP contribution >= 0.6 is 11.3 Å². The summed E-state index contributed by atoms with van der Waals surface area (Å²) in [5.74, 6) is 0.587. The molecule has 0 aliphatic carbocycles. The summed E-state index contributed by atoms with van der Waals surface area (Å²) in [5, 5.41) is 11.5. The molecule has 0 radical (unpaired) electrons. The van der Waals surface area contributed by atoms with Crippen LogP contribution < -0.4 is 19.6 Å². The Balaban J connectivity index is 2.00. The summed E-state index contributed by atoms with van der Waals surface area (Å²) in [4.78, 5) is 28.8. The Bertz CT molecular complexity index is 1310. The van der Waals surface area contributed by atoms with E-state index < -0.39 is 4.92 Å². The quantitative estimate of drug-likeness (QED) is 0.397. The third-order valence-corrected chi connectivity index (χ3v) is 5.13. The second-order valence-electron chi connectivity index (χ2n) is 5.66. The summed E-state index contributed by atoms with van der Waals surface area (Å²) < 4.78 is 12.2. The van der Waals surface area contributed by atoms with Crippen molar-refractivity contribution in [3.05, 3.63) is 67.0 Å². The van der Waals surface area contributed by atoms with Gasteiger partial charge in [0.2, 0.25) is 0 Å². The van der Waals surface area contributed by atoms with Gasteiger partial charge in [0.1, 0.15) is 0 Å². The Labute approximate surface area is 156 Å². The molecule has 4 aromatic rings. The van der Waals surface area contributed by atoms with E-state index in [1.165, 1.54) is 48.2 Å². The predicted molar refractivity (Wildman–Crippen MR) is 102 cm³/mol. The lowest BCUT2D eigenvalue weighted by atomic mass is 10.1. The standard InChI is InChI=1S/C18H13N3O5S/c1-25-14-7-10(13(21(23)24)9-15(14)26-2)8-16-17(22)20-12-6-4-3-5-11(12)19-18(20)27-16/h3-9H,1-2H3/b16-8-. The molecule has 0 saturated heterocycles. The van der Waals surface area contributed by atoms with Gasteiger partial charge in [-0.2, -0.15) is 0 Å². The summed E-state index contributed by atoms with van der Waals surface area (Å²) >= 11 is 1.18. The summed E-state index contributed by atoms with van der Waals surface area (Å²) in [6.45, 7) is 0. The largest absolute Gasteiger partial charge is 0.493 e. The number of imidazole rings is 1. The van der Waals surface area contributed by atoms with Crippen LogP contribution in [-0.4, -0.2) is 28.5 Å². The fourth-order valence-electron chi connectivity index (χ4n) is 2.91. The molecule has 8 nitrogen and oxygen atoms in total. The average molecular weight is 383 g/mol. The molecule has 4 rings (SSSR count). The van der Waals surface area contributed by atoms with Gasteiger partial charge in [0.15, 0.2) is 16.5 Å². The van der Waals surface area contributed by atoms with E-state index >= 15 is 0 Å². The fraction of sp³-hybridized carbons (Fsp3) is 0.111. The van der Waals surface area contributed by atoms with E-state index in [4.69, 9.17) is 9.47 Å². The van der Waals surface area contributed by atoms with Crippen LogP contribution in [-0.2, 0) is 0 Å². The molecule has 9 heteroatoms. The zero-order valence-corrected chi connectivity index (χ0v) is 15.1. The SMILES string of the molecule is COc1cc(/C=c2\sc3nc4ccccc4n3c2=O)c([N+](=O)[O-])cc1OC. The monoisotopic (exact) mass is 383 g/mol. The van der Waals surface area contributed by atoms with E-state index in [1.54, 1.807) is 0 Å². The second kappa shape index (κ2) is 6.36. The molecule has 136 valence electrons. The molecule has 0 aliphatic rings. The number of aromatic nitrogens is 2. The maximum atomic E-state index is 12.8.